The highest BCUT2D eigenvalue weighted by molar-refractivity contribution is 7.15. The van der Waals surface area contributed by atoms with Crippen molar-refractivity contribution in [3.63, 3.8) is 0 Å². The number of rotatable bonds is 8. The fourth-order valence-corrected chi connectivity index (χ4v) is 4.13. The molecule has 0 saturated carbocycles. The average molecular weight is 313 g/mol. The van der Waals surface area contributed by atoms with E-state index < -0.39 is 0 Å². The van der Waals surface area contributed by atoms with Crippen molar-refractivity contribution in [2.75, 3.05) is 45.9 Å². The van der Waals surface area contributed by atoms with Crippen LogP contribution < -0.4 is 10.2 Å². The third kappa shape index (κ3) is 3.94. The summed E-state index contributed by atoms with van der Waals surface area (Å²) in [6.45, 7) is 4.42. The van der Waals surface area contributed by atoms with Crippen LogP contribution in [0.2, 0.25) is 0 Å². The molecule has 21 heavy (non-hydrogen) atoms. The molecular formula is C15H27N3O2S. The molecule has 5 nitrogen and oxygen atoms in total. The number of methoxy groups -OCH3 is 2. The number of hydrogen-bond acceptors (Lipinski definition) is 6. The fraction of sp³-hybridized carbons (Fsp3) is 0.800. The molecule has 0 spiro atoms. The molecule has 1 aliphatic carbocycles. The zero-order valence-electron chi connectivity index (χ0n) is 13.5. The zero-order valence-corrected chi connectivity index (χ0v) is 14.3. The van der Waals surface area contributed by atoms with Gasteiger partial charge in [-0.1, -0.05) is 0 Å². The van der Waals surface area contributed by atoms with Crippen molar-refractivity contribution in [3.8, 4) is 0 Å². The summed E-state index contributed by atoms with van der Waals surface area (Å²) in [6.07, 6.45) is 3.58. The van der Waals surface area contributed by atoms with Crippen molar-refractivity contribution >= 4 is 16.5 Å². The van der Waals surface area contributed by atoms with Gasteiger partial charge in [-0.25, -0.2) is 4.98 Å². The number of anilines is 1. The quantitative estimate of drug-likeness (QED) is 0.797. The molecule has 2 atom stereocenters. The highest BCUT2D eigenvalue weighted by atomic mass is 32.1. The molecule has 2 unspecified atom stereocenters. The number of nitrogens with zero attached hydrogens (tertiary/aromatic N) is 2. The predicted molar refractivity (Wildman–Crippen MR) is 87.4 cm³/mol. The van der Waals surface area contributed by atoms with Gasteiger partial charge in [0.25, 0.3) is 0 Å². The Bertz CT molecular complexity index is 439. The lowest BCUT2D eigenvalue weighted by Crippen LogP contribution is -2.38. The van der Waals surface area contributed by atoms with Gasteiger partial charge in [0, 0.05) is 25.6 Å². The molecule has 0 amide bonds. The van der Waals surface area contributed by atoms with Gasteiger partial charge in [-0.05, 0) is 33.2 Å². The lowest BCUT2D eigenvalue weighted by molar-refractivity contribution is 0.171. The highest BCUT2D eigenvalue weighted by Gasteiger charge is 2.26. The standard InChI is InChI=1S/C15H27N3O2S/c1-11(10-20-4)18(8-9-19-3)15-17-14-12(16-2)6-5-7-13(14)21-15/h11-12,16H,5-10H2,1-4H3. The fourth-order valence-electron chi connectivity index (χ4n) is 2.83. The maximum Gasteiger partial charge on any atom is 0.186 e. The molecule has 0 aromatic carbocycles. The van der Waals surface area contributed by atoms with Crippen molar-refractivity contribution in [3.05, 3.63) is 10.6 Å². The third-order valence-corrected chi connectivity index (χ3v) is 5.18. The van der Waals surface area contributed by atoms with Gasteiger partial charge in [0.05, 0.1) is 31.0 Å². The van der Waals surface area contributed by atoms with Crippen LogP contribution in [0.15, 0.2) is 0 Å². The van der Waals surface area contributed by atoms with Crippen molar-refractivity contribution < 1.29 is 9.47 Å². The van der Waals surface area contributed by atoms with Crippen LogP contribution in [0.5, 0.6) is 0 Å². The van der Waals surface area contributed by atoms with E-state index in [0.29, 0.717) is 25.3 Å². The Balaban J connectivity index is 2.21. The van der Waals surface area contributed by atoms with Crippen LogP contribution in [0.25, 0.3) is 0 Å². The predicted octanol–water partition coefficient (Wildman–Crippen LogP) is 2.23. The molecule has 120 valence electrons. The summed E-state index contributed by atoms with van der Waals surface area (Å²) in [5, 5.41) is 4.49. The molecular weight excluding hydrogens is 286 g/mol. The van der Waals surface area contributed by atoms with E-state index in [1.54, 1.807) is 14.2 Å². The van der Waals surface area contributed by atoms with Gasteiger partial charge < -0.3 is 19.7 Å². The summed E-state index contributed by atoms with van der Waals surface area (Å²) < 4.78 is 10.6. The van der Waals surface area contributed by atoms with E-state index in [1.807, 2.05) is 18.4 Å². The maximum atomic E-state index is 5.31. The van der Waals surface area contributed by atoms with Gasteiger partial charge in [-0.3, -0.25) is 0 Å². The van der Waals surface area contributed by atoms with Crippen LogP contribution in [-0.4, -0.2) is 52.1 Å². The van der Waals surface area contributed by atoms with E-state index >= 15 is 0 Å². The van der Waals surface area contributed by atoms with Gasteiger partial charge >= 0.3 is 0 Å². The summed E-state index contributed by atoms with van der Waals surface area (Å²) in [4.78, 5) is 8.67. The molecule has 1 N–H and O–H groups in total. The van der Waals surface area contributed by atoms with E-state index in [4.69, 9.17) is 14.5 Å². The molecule has 0 fully saturated rings. The Kier molecular flexibility index (Phi) is 6.41. The molecule has 0 bridgehead atoms. The molecule has 1 aliphatic rings. The smallest absolute Gasteiger partial charge is 0.186 e. The SMILES string of the molecule is CNC1CCCc2sc(N(CCOC)C(C)COC)nc21. The molecule has 0 saturated heterocycles. The molecule has 0 aliphatic heterocycles. The van der Waals surface area contributed by atoms with Crippen molar-refractivity contribution in [1.29, 1.82) is 0 Å². The topological polar surface area (TPSA) is 46.6 Å². The number of ether oxygens (including phenoxy) is 2. The number of nitrogens with one attached hydrogen (secondary N) is 1. The van der Waals surface area contributed by atoms with E-state index in [0.717, 1.165) is 18.1 Å². The summed E-state index contributed by atoms with van der Waals surface area (Å²) >= 11 is 1.83. The molecule has 6 heteroatoms. The Morgan fingerprint density at radius 2 is 2.24 bits per heavy atom. The minimum Gasteiger partial charge on any atom is -0.383 e. The Morgan fingerprint density at radius 3 is 2.90 bits per heavy atom. The Hall–Kier alpha value is -0.690. The van der Waals surface area contributed by atoms with Crippen LogP contribution in [0.4, 0.5) is 5.13 Å². The first kappa shape index (κ1) is 16.7. The minimum atomic E-state index is 0.297. The van der Waals surface area contributed by atoms with E-state index in [-0.39, 0.29) is 0 Å². The summed E-state index contributed by atoms with van der Waals surface area (Å²) in [6, 6.07) is 0.701. The number of fused-ring (bicyclic) bond motifs is 1. The normalized spacial score (nSPS) is 19.3. The molecule has 1 aromatic rings. The minimum absolute atomic E-state index is 0.297. The van der Waals surface area contributed by atoms with Crippen molar-refractivity contribution in [2.45, 2.75) is 38.3 Å². The first-order valence-electron chi connectivity index (χ1n) is 7.62. The van der Waals surface area contributed by atoms with Crippen LogP contribution in [0.1, 0.15) is 36.4 Å². The van der Waals surface area contributed by atoms with E-state index in [1.165, 1.54) is 23.4 Å². The number of hydrogen-bond donors (Lipinski definition) is 1. The third-order valence-electron chi connectivity index (χ3n) is 4.01. The Morgan fingerprint density at radius 1 is 1.43 bits per heavy atom. The van der Waals surface area contributed by atoms with Gasteiger partial charge in [0.2, 0.25) is 0 Å². The number of thiazole rings is 1. The second-order valence-electron chi connectivity index (χ2n) is 5.53. The number of aryl methyl sites for hydroxylation is 1. The lowest BCUT2D eigenvalue weighted by Gasteiger charge is -2.28. The molecule has 1 heterocycles. The first-order valence-corrected chi connectivity index (χ1v) is 8.44. The second kappa shape index (κ2) is 8.08. The maximum absolute atomic E-state index is 5.31. The van der Waals surface area contributed by atoms with Crippen LogP contribution in [-0.2, 0) is 15.9 Å². The first-order chi connectivity index (χ1) is 10.2. The Labute approximate surface area is 131 Å². The van der Waals surface area contributed by atoms with Gasteiger partial charge in [0.15, 0.2) is 5.13 Å². The van der Waals surface area contributed by atoms with E-state index in [2.05, 4.69) is 17.1 Å². The van der Waals surface area contributed by atoms with Gasteiger partial charge in [0.1, 0.15) is 0 Å². The van der Waals surface area contributed by atoms with Crippen LogP contribution in [0, 0.1) is 0 Å². The summed E-state index contributed by atoms with van der Waals surface area (Å²) in [5.41, 5.74) is 1.25. The zero-order chi connectivity index (χ0) is 15.2. The lowest BCUT2D eigenvalue weighted by atomic mass is 9.98. The van der Waals surface area contributed by atoms with Gasteiger partial charge in [-0.2, -0.15) is 0 Å². The van der Waals surface area contributed by atoms with Crippen LogP contribution >= 0.6 is 11.3 Å². The summed E-state index contributed by atoms with van der Waals surface area (Å²) in [5.74, 6) is 0. The van der Waals surface area contributed by atoms with Crippen LogP contribution in [0.3, 0.4) is 0 Å². The number of aromatic nitrogens is 1. The molecule has 0 radical (unpaired) electrons. The molecule has 2 rings (SSSR count). The van der Waals surface area contributed by atoms with Crippen molar-refractivity contribution in [2.24, 2.45) is 0 Å². The highest BCUT2D eigenvalue weighted by Crippen LogP contribution is 2.37. The second-order valence-corrected chi connectivity index (χ2v) is 6.59. The molecule has 1 aromatic heterocycles. The van der Waals surface area contributed by atoms with E-state index in [9.17, 15) is 0 Å². The largest absolute Gasteiger partial charge is 0.383 e. The van der Waals surface area contributed by atoms with Gasteiger partial charge in [-0.15, -0.1) is 11.3 Å². The summed E-state index contributed by atoms with van der Waals surface area (Å²) in [7, 11) is 5.51. The monoisotopic (exact) mass is 313 g/mol. The average Bonchev–Trinajstić information content (AvgIpc) is 2.91. The van der Waals surface area contributed by atoms with Crippen molar-refractivity contribution in [1.82, 2.24) is 10.3 Å².